The zero-order valence-corrected chi connectivity index (χ0v) is 41.7. The van der Waals surface area contributed by atoms with Gasteiger partial charge in [-0.15, -0.1) is 0 Å². The summed E-state index contributed by atoms with van der Waals surface area (Å²) >= 11 is 7.24. The van der Waals surface area contributed by atoms with Crippen LogP contribution in [0.15, 0.2) is 147 Å². The summed E-state index contributed by atoms with van der Waals surface area (Å²) in [5.74, 6) is 1.43. The molecular weight excluding hydrogens is 920 g/mol. The summed E-state index contributed by atoms with van der Waals surface area (Å²) in [6.45, 7) is 13.6. The lowest BCUT2D eigenvalue weighted by molar-refractivity contribution is -0.153. The first-order valence-corrected chi connectivity index (χ1v) is 25.3. The van der Waals surface area contributed by atoms with Gasteiger partial charge in [0.2, 0.25) is 0 Å². The predicted octanol–water partition coefficient (Wildman–Crippen LogP) is 15.9. The summed E-state index contributed by atoms with van der Waals surface area (Å²) in [5.41, 5.74) is 5.18. The molecule has 0 saturated heterocycles. The summed E-state index contributed by atoms with van der Waals surface area (Å²) in [6.07, 6.45) is 17.6. The van der Waals surface area contributed by atoms with Crippen LogP contribution < -0.4 is 0 Å². The first kappa shape index (κ1) is 47.7. The summed E-state index contributed by atoms with van der Waals surface area (Å²) in [7, 11) is 0. The topological polar surface area (TPSA) is 52.6 Å². The molecule has 0 aromatic heterocycles. The standard InChI is InChI=1S/C58H66Br2O4/c1-38(2)49-27-17-40(5)33-54(49)63-56(61)51(35-43-19-23-47(59)24-20-43)46-30-32-58(31-29-42-13-9-7-10-14-42,52(37-46)45-15-11-8-12-16-45)53(36-44-21-25-48(60)26-22-44)57(62)64-55-34-41(6)18-28-50(55)39(3)4/h7-16,19-26,29,31,35-41,49-50,52,54-55H,17-18,27-28,30,32-34H2,1-6H3/b31-29+,51-35-,53-36+/t40-,41-,49+,50+,52-,54-,55-,58+/m1/s1. The lowest BCUT2D eigenvalue weighted by atomic mass is 9.60. The van der Waals surface area contributed by atoms with Crippen LogP contribution in [0.2, 0.25) is 0 Å². The Labute approximate surface area is 400 Å². The molecule has 7 rings (SSSR count). The third-order valence-corrected chi connectivity index (χ3v) is 15.4. The Morgan fingerprint density at radius 2 is 1.12 bits per heavy atom. The maximum atomic E-state index is 15.5. The van der Waals surface area contributed by atoms with E-state index in [0.717, 1.165) is 75.3 Å². The highest BCUT2D eigenvalue weighted by Gasteiger charge is 2.47. The van der Waals surface area contributed by atoms with Crippen LogP contribution >= 0.6 is 31.9 Å². The van der Waals surface area contributed by atoms with Crippen LogP contribution in [-0.4, -0.2) is 24.1 Å². The molecule has 4 nitrogen and oxygen atoms in total. The Morgan fingerprint density at radius 3 is 1.66 bits per heavy atom. The third-order valence-electron chi connectivity index (χ3n) is 14.4. The number of ether oxygens (including phenoxy) is 2. The second-order valence-corrected chi connectivity index (χ2v) is 21.5. The second kappa shape index (κ2) is 21.8. The highest BCUT2D eigenvalue weighted by Crippen LogP contribution is 2.55. The number of hydrogen-bond acceptors (Lipinski definition) is 4. The Balaban J connectivity index is 1.42. The van der Waals surface area contributed by atoms with Gasteiger partial charge in [0, 0.05) is 25.9 Å². The molecule has 336 valence electrons. The SMILES string of the molecule is CC(C)[C@@H]1CC[C@@H](C)C[C@H]1OC(=O)/C(=C\c1ccc(Br)cc1)C1=C[C@H](c2ccccc2)[C@@](/C=C/c2ccccc2)(/C(=C/c2ccc(Br)cc2)C(=O)O[C@@H]2C[C@H](C)CC[C@H]2C(C)C)CC1. The molecule has 3 aliphatic carbocycles. The van der Waals surface area contributed by atoms with Gasteiger partial charge in [0.05, 0.1) is 5.57 Å². The zero-order valence-electron chi connectivity index (χ0n) is 38.5. The van der Waals surface area contributed by atoms with Crippen molar-refractivity contribution in [2.24, 2.45) is 40.9 Å². The maximum Gasteiger partial charge on any atom is 0.338 e. The maximum absolute atomic E-state index is 15.5. The number of allylic oxidation sites excluding steroid dienone is 2. The van der Waals surface area contributed by atoms with Gasteiger partial charge in [-0.2, -0.15) is 0 Å². The van der Waals surface area contributed by atoms with Crippen molar-refractivity contribution < 1.29 is 19.1 Å². The Morgan fingerprint density at radius 1 is 0.625 bits per heavy atom. The molecular formula is C58H66Br2O4. The van der Waals surface area contributed by atoms with Crippen molar-refractivity contribution in [2.45, 2.75) is 111 Å². The van der Waals surface area contributed by atoms with E-state index < -0.39 is 5.41 Å². The quantitative estimate of drug-likeness (QED) is 0.0989. The molecule has 2 fully saturated rings. The van der Waals surface area contributed by atoms with Crippen LogP contribution in [0.3, 0.4) is 0 Å². The van der Waals surface area contributed by atoms with Crippen LogP contribution in [0.4, 0.5) is 0 Å². The highest BCUT2D eigenvalue weighted by atomic mass is 79.9. The number of esters is 2. The van der Waals surface area contributed by atoms with E-state index in [0.29, 0.717) is 53.6 Å². The van der Waals surface area contributed by atoms with Crippen LogP contribution in [0.1, 0.15) is 121 Å². The van der Waals surface area contributed by atoms with E-state index in [1.165, 1.54) is 0 Å². The Bertz CT molecular complexity index is 2310. The molecule has 0 aliphatic heterocycles. The molecule has 0 amide bonds. The van der Waals surface area contributed by atoms with Gasteiger partial charge >= 0.3 is 11.9 Å². The molecule has 64 heavy (non-hydrogen) atoms. The van der Waals surface area contributed by atoms with E-state index in [4.69, 9.17) is 9.47 Å². The Hall–Kier alpha value is -4.26. The fraction of sp³-hybridized carbons (Fsp3) is 0.414. The minimum atomic E-state index is -0.868. The van der Waals surface area contributed by atoms with Gasteiger partial charge in [0.1, 0.15) is 12.2 Å². The number of halogens is 2. The van der Waals surface area contributed by atoms with Gasteiger partial charge in [-0.1, -0.05) is 189 Å². The molecule has 0 spiro atoms. The van der Waals surface area contributed by atoms with Crippen molar-refractivity contribution in [2.75, 3.05) is 0 Å². The molecule has 0 unspecified atom stereocenters. The number of benzene rings is 4. The van der Waals surface area contributed by atoms with Gasteiger partial charge in [0.15, 0.2) is 0 Å². The monoisotopic (exact) mass is 984 g/mol. The third kappa shape index (κ3) is 11.8. The molecule has 0 heterocycles. The van der Waals surface area contributed by atoms with Gasteiger partial charge in [-0.25, -0.2) is 9.59 Å². The van der Waals surface area contributed by atoms with E-state index in [1.807, 2.05) is 66.7 Å². The van der Waals surface area contributed by atoms with Crippen molar-refractivity contribution in [1.82, 2.24) is 0 Å². The molecule has 4 aromatic rings. The minimum Gasteiger partial charge on any atom is -0.459 e. The van der Waals surface area contributed by atoms with Gasteiger partial charge < -0.3 is 9.47 Å². The van der Waals surface area contributed by atoms with E-state index in [-0.39, 0.29) is 36.0 Å². The van der Waals surface area contributed by atoms with Crippen LogP contribution in [0, 0.1) is 40.9 Å². The first-order chi connectivity index (χ1) is 30.8. The molecule has 2 saturated carbocycles. The lowest BCUT2D eigenvalue weighted by Gasteiger charge is -2.44. The second-order valence-electron chi connectivity index (χ2n) is 19.6. The van der Waals surface area contributed by atoms with Crippen molar-refractivity contribution in [3.63, 3.8) is 0 Å². The van der Waals surface area contributed by atoms with E-state index in [2.05, 4.69) is 146 Å². The van der Waals surface area contributed by atoms with Gasteiger partial charge in [-0.3, -0.25) is 0 Å². The smallest absolute Gasteiger partial charge is 0.338 e. The van der Waals surface area contributed by atoms with Crippen molar-refractivity contribution in [3.05, 3.63) is 169 Å². The van der Waals surface area contributed by atoms with Crippen LogP contribution in [0.5, 0.6) is 0 Å². The molecule has 3 aliphatic rings. The Kier molecular flexibility index (Phi) is 16.3. The number of carbonyl (C=O) groups is 2. The fourth-order valence-corrected chi connectivity index (χ4v) is 11.1. The number of hydrogen-bond donors (Lipinski definition) is 0. The minimum absolute atomic E-state index is 0.154. The molecule has 0 N–H and O–H groups in total. The number of carbonyl (C=O) groups excluding carboxylic acids is 2. The molecule has 0 radical (unpaired) electrons. The summed E-state index contributed by atoms with van der Waals surface area (Å²) in [4.78, 5) is 30.5. The fourth-order valence-electron chi connectivity index (χ4n) is 10.6. The molecule has 6 heteroatoms. The van der Waals surface area contributed by atoms with Crippen molar-refractivity contribution in [3.8, 4) is 0 Å². The van der Waals surface area contributed by atoms with Crippen molar-refractivity contribution in [1.29, 1.82) is 0 Å². The molecule has 0 bridgehead atoms. The normalized spacial score (nSPS) is 26.8. The van der Waals surface area contributed by atoms with Gasteiger partial charge in [-0.05, 0) is 138 Å². The largest absolute Gasteiger partial charge is 0.459 e. The number of rotatable bonds is 13. The first-order valence-electron chi connectivity index (χ1n) is 23.7. The lowest BCUT2D eigenvalue weighted by Crippen LogP contribution is -2.40. The summed E-state index contributed by atoms with van der Waals surface area (Å²) in [5, 5.41) is 0. The zero-order chi connectivity index (χ0) is 45.4. The molecule has 4 aromatic carbocycles. The average molecular weight is 987 g/mol. The van der Waals surface area contributed by atoms with E-state index in [1.54, 1.807) is 0 Å². The summed E-state index contributed by atoms with van der Waals surface area (Å²) in [6, 6.07) is 37.0. The van der Waals surface area contributed by atoms with Crippen LogP contribution in [0.25, 0.3) is 18.2 Å². The van der Waals surface area contributed by atoms with E-state index in [9.17, 15) is 4.79 Å². The average Bonchev–Trinajstić information content (AvgIpc) is 3.28. The van der Waals surface area contributed by atoms with E-state index >= 15 is 4.79 Å². The van der Waals surface area contributed by atoms with Crippen molar-refractivity contribution >= 4 is 62.0 Å². The van der Waals surface area contributed by atoms with Gasteiger partial charge in [0.25, 0.3) is 0 Å². The van der Waals surface area contributed by atoms with Crippen LogP contribution in [-0.2, 0) is 19.1 Å². The summed E-state index contributed by atoms with van der Waals surface area (Å²) < 4.78 is 15.5. The highest BCUT2D eigenvalue weighted by molar-refractivity contribution is 9.10. The predicted molar refractivity (Wildman–Crippen MR) is 271 cm³/mol. The molecule has 8 atom stereocenters.